The number of hydrogen-bond acceptors (Lipinski definition) is 0. The molecule has 2 aliphatic rings. The van der Waals surface area contributed by atoms with Crippen LogP contribution in [0, 0.1) is 35.5 Å². The maximum Gasteiger partial charge on any atom is 0.416 e. The summed E-state index contributed by atoms with van der Waals surface area (Å²) in [6.45, 7) is 2.31. The fourth-order valence-electron chi connectivity index (χ4n) is 5.41. The Morgan fingerprint density at radius 3 is 1.84 bits per heavy atom. The lowest BCUT2D eigenvalue weighted by Gasteiger charge is -2.31. The van der Waals surface area contributed by atoms with Crippen molar-refractivity contribution in [3.63, 3.8) is 0 Å². The summed E-state index contributed by atoms with van der Waals surface area (Å²) >= 11 is 0. The highest BCUT2D eigenvalue weighted by molar-refractivity contribution is 5.39. The van der Waals surface area contributed by atoms with E-state index in [9.17, 15) is 13.2 Å². The molecule has 0 aromatic heterocycles. The topological polar surface area (TPSA) is 0 Å². The zero-order valence-electron chi connectivity index (χ0n) is 18.9. The molecule has 0 aliphatic heterocycles. The Hall–Kier alpha value is -1.69. The van der Waals surface area contributed by atoms with E-state index in [0.29, 0.717) is 11.5 Å². The van der Waals surface area contributed by atoms with Crippen LogP contribution in [0.3, 0.4) is 0 Å². The molecule has 0 spiro atoms. The Labute approximate surface area is 186 Å². The van der Waals surface area contributed by atoms with Crippen LogP contribution < -0.4 is 0 Å². The Bertz CT molecular complexity index is 731. The molecule has 2 saturated carbocycles. The summed E-state index contributed by atoms with van der Waals surface area (Å²) in [6.07, 6.45) is 16.4. The van der Waals surface area contributed by atoms with Crippen molar-refractivity contribution in [2.24, 2.45) is 23.7 Å². The zero-order valence-corrected chi connectivity index (χ0v) is 18.9. The van der Waals surface area contributed by atoms with Crippen molar-refractivity contribution in [3.8, 4) is 11.8 Å². The second kappa shape index (κ2) is 11.8. The molecule has 170 valence electrons. The van der Waals surface area contributed by atoms with Crippen molar-refractivity contribution in [3.05, 3.63) is 47.5 Å². The van der Waals surface area contributed by atoms with Gasteiger partial charge < -0.3 is 0 Å². The first-order valence-corrected chi connectivity index (χ1v) is 12.3. The highest BCUT2D eigenvalue weighted by Gasteiger charge is 2.29. The molecule has 1 aromatic rings. The van der Waals surface area contributed by atoms with E-state index in [-0.39, 0.29) is 0 Å². The summed E-state index contributed by atoms with van der Waals surface area (Å²) in [5.74, 6) is 9.40. The molecular formula is C28H37F3. The number of hydrogen-bond donors (Lipinski definition) is 0. The Balaban J connectivity index is 1.33. The van der Waals surface area contributed by atoms with Crippen LogP contribution in [0.4, 0.5) is 13.2 Å². The molecule has 0 atom stereocenters. The first kappa shape index (κ1) is 24.0. The second-order valence-electron chi connectivity index (χ2n) is 9.74. The molecule has 0 N–H and O–H groups in total. The van der Waals surface area contributed by atoms with E-state index >= 15 is 0 Å². The van der Waals surface area contributed by atoms with E-state index in [1.54, 1.807) is 0 Å². The van der Waals surface area contributed by atoms with E-state index in [1.807, 2.05) is 6.08 Å². The monoisotopic (exact) mass is 430 g/mol. The number of benzene rings is 1. The average molecular weight is 431 g/mol. The summed E-state index contributed by atoms with van der Waals surface area (Å²) in [7, 11) is 0. The van der Waals surface area contributed by atoms with E-state index < -0.39 is 11.7 Å². The molecule has 1 aromatic carbocycles. The van der Waals surface area contributed by atoms with Crippen LogP contribution in [0.5, 0.6) is 0 Å². The van der Waals surface area contributed by atoms with Crippen LogP contribution in [-0.4, -0.2) is 0 Å². The number of alkyl halides is 3. The summed E-state index contributed by atoms with van der Waals surface area (Å²) in [4.78, 5) is 0. The van der Waals surface area contributed by atoms with Crippen LogP contribution in [0.25, 0.3) is 0 Å². The SMILES string of the molecule is CCCC1CCC(CCC2CCC(C=CC#Cc3ccc(C(F)(F)F)cc3)CC2)CC1. The molecular weight excluding hydrogens is 393 g/mol. The molecule has 0 amide bonds. The minimum Gasteiger partial charge on any atom is -0.166 e. The third-order valence-electron chi connectivity index (χ3n) is 7.42. The molecule has 0 heterocycles. The van der Waals surface area contributed by atoms with E-state index in [2.05, 4.69) is 24.8 Å². The lowest BCUT2D eigenvalue weighted by atomic mass is 9.75. The van der Waals surface area contributed by atoms with Crippen molar-refractivity contribution in [1.82, 2.24) is 0 Å². The molecule has 3 heteroatoms. The van der Waals surface area contributed by atoms with Gasteiger partial charge in [-0.15, -0.1) is 0 Å². The van der Waals surface area contributed by atoms with Crippen molar-refractivity contribution in [1.29, 1.82) is 0 Å². The molecule has 3 rings (SSSR count). The number of allylic oxidation sites excluding steroid dienone is 2. The van der Waals surface area contributed by atoms with E-state index in [4.69, 9.17) is 0 Å². The fraction of sp³-hybridized carbons (Fsp3) is 0.643. The van der Waals surface area contributed by atoms with Gasteiger partial charge in [-0.1, -0.05) is 76.2 Å². The number of rotatable bonds is 6. The molecule has 0 saturated heterocycles. The van der Waals surface area contributed by atoms with Gasteiger partial charge in [-0.25, -0.2) is 0 Å². The molecule has 2 aliphatic carbocycles. The van der Waals surface area contributed by atoms with Gasteiger partial charge in [0.25, 0.3) is 0 Å². The fourth-order valence-corrected chi connectivity index (χ4v) is 5.41. The smallest absolute Gasteiger partial charge is 0.166 e. The summed E-state index contributed by atoms with van der Waals surface area (Å²) in [5, 5.41) is 0. The Kier molecular flexibility index (Phi) is 9.12. The van der Waals surface area contributed by atoms with Crippen LogP contribution in [-0.2, 0) is 6.18 Å². The van der Waals surface area contributed by atoms with Gasteiger partial charge in [0.15, 0.2) is 0 Å². The van der Waals surface area contributed by atoms with Crippen LogP contribution in [0.2, 0.25) is 0 Å². The van der Waals surface area contributed by atoms with Crippen molar-refractivity contribution < 1.29 is 13.2 Å². The molecule has 0 bridgehead atoms. The summed E-state index contributed by atoms with van der Waals surface area (Å²) in [5.41, 5.74) is -0.0142. The quantitative estimate of drug-likeness (QED) is 0.396. The minimum atomic E-state index is -4.29. The van der Waals surface area contributed by atoms with Crippen LogP contribution in [0.1, 0.15) is 95.1 Å². The lowest BCUT2D eigenvalue weighted by molar-refractivity contribution is -0.137. The van der Waals surface area contributed by atoms with Gasteiger partial charge in [-0.2, -0.15) is 13.2 Å². The third kappa shape index (κ3) is 8.06. The van der Waals surface area contributed by atoms with Gasteiger partial charge in [-0.05, 0) is 79.7 Å². The molecule has 0 nitrogen and oxygen atoms in total. The lowest BCUT2D eigenvalue weighted by Crippen LogP contribution is -2.17. The second-order valence-corrected chi connectivity index (χ2v) is 9.74. The maximum atomic E-state index is 12.6. The predicted octanol–water partition coefficient (Wildman–Crippen LogP) is 8.81. The predicted molar refractivity (Wildman–Crippen MR) is 123 cm³/mol. The van der Waals surface area contributed by atoms with Crippen molar-refractivity contribution in [2.75, 3.05) is 0 Å². The van der Waals surface area contributed by atoms with Gasteiger partial charge in [-0.3, -0.25) is 0 Å². The number of halogens is 3. The highest BCUT2D eigenvalue weighted by Crippen LogP contribution is 2.37. The van der Waals surface area contributed by atoms with Gasteiger partial charge >= 0.3 is 6.18 Å². The van der Waals surface area contributed by atoms with Gasteiger partial charge in [0, 0.05) is 5.56 Å². The Morgan fingerprint density at radius 2 is 1.32 bits per heavy atom. The molecule has 31 heavy (non-hydrogen) atoms. The summed E-state index contributed by atoms with van der Waals surface area (Å²) < 4.78 is 37.8. The van der Waals surface area contributed by atoms with Gasteiger partial charge in [0.05, 0.1) is 5.56 Å². The molecule has 0 unspecified atom stereocenters. The normalized spacial score (nSPS) is 27.1. The molecule has 2 fully saturated rings. The first-order chi connectivity index (χ1) is 14.9. The summed E-state index contributed by atoms with van der Waals surface area (Å²) in [6, 6.07) is 5.05. The maximum absolute atomic E-state index is 12.6. The third-order valence-corrected chi connectivity index (χ3v) is 7.42. The standard InChI is InChI=1S/C28H37F3/c1-2-5-22-8-12-25(13-9-22)16-17-26-14-10-23(11-15-26)6-3-4-7-24-18-20-27(21-19-24)28(29,30)31/h3,6,18-23,25-26H,2,5,8-17H2,1H3. The van der Waals surface area contributed by atoms with Crippen molar-refractivity contribution in [2.45, 2.75) is 90.1 Å². The average Bonchev–Trinajstić information content (AvgIpc) is 2.77. The zero-order chi connectivity index (χ0) is 22.1. The van der Waals surface area contributed by atoms with Crippen LogP contribution >= 0.6 is 0 Å². The van der Waals surface area contributed by atoms with Crippen molar-refractivity contribution >= 4 is 0 Å². The largest absolute Gasteiger partial charge is 0.416 e. The first-order valence-electron chi connectivity index (χ1n) is 12.3. The van der Waals surface area contributed by atoms with Crippen LogP contribution in [0.15, 0.2) is 36.4 Å². The minimum absolute atomic E-state index is 0.600. The molecule has 0 radical (unpaired) electrons. The van der Waals surface area contributed by atoms with Gasteiger partial charge in [0.1, 0.15) is 0 Å². The Morgan fingerprint density at radius 1 is 0.806 bits per heavy atom. The van der Waals surface area contributed by atoms with Gasteiger partial charge in [0.2, 0.25) is 0 Å². The van der Waals surface area contributed by atoms with E-state index in [1.165, 1.54) is 89.2 Å². The van der Waals surface area contributed by atoms with E-state index in [0.717, 1.165) is 29.9 Å². The highest BCUT2D eigenvalue weighted by atomic mass is 19.4.